The minimum atomic E-state index is -4.84. The Hall–Kier alpha value is -8.02. The van der Waals surface area contributed by atoms with Crippen molar-refractivity contribution < 1.29 is 60.0 Å². The summed E-state index contributed by atoms with van der Waals surface area (Å²) in [5, 5.41) is 1.70. The van der Waals surface area contributed by atoms with Crippen LogP contribution in [0.3, 0.4) is 0 Å². The number of aromatic nitrogens is 4. The SMILES string of the molecule is [2H]c1c([2H])c2c(c([2H])c1-c1cccc(-c3c([2H])c([2H])c4c(c3[2H])C(C([2H])([2H])[2H])(C([2H])([2H])[2H])C([2H])([2H])C([2H])([2H])C4(C([2H])([2H])[2H])C([2H])([2H])C)c1-[n+]1[c-]n(-c3cccc(Oc4ccc5c6cc(-c7cc(C(C)(C)C)cc(C(C)(C)C)c7)ccc6n(-c6cc(C(C)(C)C)ccn6)c5c4)c3)c3ccccc31)C(C([2H])([2H])[2H])(C([2H])([2H])[2H])C([2H])([2H])C([2H])([2H])C2(C([2H])([2H])[2H])C([2H])([2H])[2H]. The fourth-order valence-electron chi connectivity index (χ4n) is 11.6. The van der Waals surface area contributed by atoms with Crippen LogP contribution in [-0.4, -0.2) is 14.1 Å². The molecule has 0 saturated heterocycles. The van der Waals surface area contributed by atoms with Gasteiger partial charge in [-0.2, -0.15) is 0 Å². The molecule has 5 nitrogen and oxygen atoms in total. The molecule has 88 heavy (non-hydrogen) atoms. The smallest absolute Gasteiger partial charge is 0.269 e. The molecular formula is C83H90N4O. The molecule has 2 aliphatic carbocycles. The van der Waals surface area contributed by atoms with E-state index in [1.807, 2.05) is 28.8 Å². The molecule has 1 atom stereocenters. The van der Waals surface area contributed by atoms with Gasteiger partial charge in [0, 0.05) is 65.5 Å². The van der Waals surface area contributed by atoms with E-state index in [1.54, 1.807) is 30.5 Å². The molecule has 0 radical (unpaired) electrons. The average Bonchev–Trinajstić information content (AvgIpc) is 0.854. The van der Waals surface area contributed by atoms with Crippen molar-refractivity contribution >= 4 is 32.8 Å². The minimum Gasteiger partial charge on any atom is -0.458 e. The van der Waals surface area contributed by atoms with E-state index in [9.17, 15) is 21.9 Å². The Balaban J connectivity index is 1.15. The van der Waals surface area contributed by atoms with Crippen LogP contribution in [0.15, 0.2) is 176 Å². The van der Waals surface area contributed by atoms with Crippen molar-refractivity contribution in [2.75, 3.05) is 0 Å². The number of imidazole rings is 1. The molecule has 0 spiro atoms. The summed E-state index contributed by atoms with van der Waals surface area (Å²) in [5.41, 5.74) is -24.5. The molecule has 3 heterocycles. The van der Waals surface area contributed by atoms with Crippen molar-refractivity contribution in [3.8, 4) is 62.1 Å². The van der Waals surface area contributed by atoms with Crippen LogP contribution in [-0.2, 0) is 37.9 Å². The summed E-state index contributed by atoms with van der Waals surface area (Å²) < 4.78 is 359. The van der Waals surface area contributed by atoms with Gasteiger partial charge in [0.1, 0.15) is 17.3 Å². The Morgan fingerprint density at radius 3 is 1.83 bits per heavy atom. The van der Waals surface area contributed by atoms with E-state index in [-0.39, 0.29) is 44.5 Å². The predicted molar refractivity (Wildman–Crippen MR) is 370 cm³/mol. The first-order valence-electron chi connectivity index (χ1n) is 47.5. The Morgan fingerprint density at radius 1 is 0.545 bits per heavy atom. The Bertz CT molecular complexity index is 5980. The maximum Gasteiger partial charge on any atom is 0.269 e. The lowest BCUT2D eigenvalue weighted by Gasteiger charge is -2.43. The lowest BCUT2D eigenvalue weighted by Crippen LogP contribution is -2.35. The van der Waals surface area contributed by atoms with Crippen LogP contribution in [0.25, 0.3) is 83.4 Å². The van der Waals surface area contributed by atoms with Crippen LogP contribution in [0, 0.1) is 6.33 Å². The fourth-order valence-corrected chi connectivity index (χ4v) is 11.6. The quantitative estimate of drug-likeness (QED) is 0.107. The average molecular weight is 1200 g/mol. The highest BCUT2D eigenvalue weighted by molar-refractivity contribution is 6.11. The second-order valence-electron chi connectivity index (χ2n) is 26.0. The fraction of sp³-hybridized carbons (Fsp3) is 0.349. The van der Waals surface area contributed by atoms with E-state index in [1.165, 1.54) is 34.9 Å². The zero-order valence-electron chi connectivity index (χ0n) is 87.5. The largest absolute Gasteiger partial charge is 0.458 e. The maximum absolute atomic E-state index is 10.5. The zero-order valence-corrected chi connectivity index (χ0v) is 50.5. The molecule has 0 aliphatic heterocycles. The summed E-state index contributed by atoms with van der Waals surface area (Å²) in [7, 11) is 0. The number of pyridine rings is 1. The van der Waals surface area contributed by atoms with Crippen LogP contribution >= 0.6 is 0 Å². The van der Waals surface area contributed by atoms with E-state index in [0.717, 1.165) is 66.9 Å². The Kier molecular flexibility index (Phi) is 7.09. The second-order valence-corrected chi connectivity index (χ2v) is 26.0. The molecule has 1 unspecified atom stereocenters. The molecule has 0 amide bonds. The second kappa shape index (κ2) is 20.8. The number of hydrogen-bond acceptors (Lipinski definition) is 2. The molecule has 11 aromatic rings. The maximum atomic E-state index is 10.5. The summed E-state index contributed by atoms with van der Waals surface area (Å²) in [6, 6.07) is 27.3. The first kappa shape index (κ1) is 30.0. The summed E-state index contributed by atoms with van der Waals surface area (Å²) in [6.07, 6.45) is -17.9. The van der Waals surface area contributed by atoms with E-state index in [0.29, 0.717) is 18.3 Å². The van der Waals surface area contributed by atoms with E-state index in [2.05, 4.69) is 105 Å². The number of fused-ring (bicyclic) bond motifs is 6. The van der Waals surface area contributed by atoms with Crippen LogP contribution in [0.5, 0.6) is 11.5 Å². The van der Waals surface area contributed by atoms with Gasteiger partial charge in [-0.1, -0.05) is 226 Å². The molecule has 0 N–H and O–H groups in total. The molecule has 3 aromatic heterocycles. The highest BCUT2D eigenvalue weighted by atomic mass is 16.5. The monoisotopic (exact) mass is 1200 g/mol. The standard InChI is InChI=1S/C83H90N4O/c1-18-83(17)41-40-82(15,16)70-47-55(30-35-68(70)83)64-26-22-25-63(54-29-34-67-69(46-54)81(13,14)39-38-80(67,11)12)76(64)86-52-85(72-27-19-20-28-73(72)86)60-23-21-24-61(50-60)88-62-32-33-65-66-45-53(56-43-58(78(5,6)7)48-59(44-56)79(8,9)10)31-36-71(66)87(74(65)51-62)75-49-57(37-42-84-75)77(2,3)4/h19-37,42-51H,18,38-41H2,1-17H3/i11D3,12D3,13D3,14D3,15D3,16D3,17D3,18D2,29D,30D,34D,35D,38D2,39D2,40D2,41D2,46D,47D. The number of hydrogen-bond donors (Lipinski definition) is 0. The molecule has 13 rings (SSSR count). The van der Waals surface area contributed by atoms with Gasteiger partial charge in [0.2, 0.25) is 0 Å². The molecule has 0 saturated carbocycles. The summed E-state index contributed by atoms with van der Waals surface area (Å²) in [6.45, 7) is -11.8. The van der Waals surface area contributed by atoms with Crippen molar-refractivity contribution in [3.05, 3.63) is 221 Å². The molecular weight excluding hydrogens is 1070 g/mol. The summed E-state index contributed by atoms with van der Waals surface area (Å²) >= 11 is 0. The van der Waals surface area contributed by atoms with Gasteiger partial charge in [-0.3, -0.25) is 13.7 Å². The van der Waals surface area contributed by atoms with Gasteiger partial charge in [-0.25, -0.2) is 4.98 Å². The van der Waals surface area contributed by atoms with Crippen molar-refractivity contribution in [2.45, 2.75) is 187 Å². The molecule has 0 fully saturated rings. The van der Waals surface area contributed by atoms with E-state index >= 15 is 0 Å². The minimum absolute atomic E-state index is 0.0689. The Labute approximate surface area is 576 Å². The summed E-state index contributed by atoms with van der Waals surface area (Å²) in [4.78, 5) is 4.93. The normalized spacial score (nSPS) is 27.0. The van der Waals surface area contributed by atoms with Crippen molar-refractivity contribution in [1.29, 1.82) is 0 Å². The number of para-hydroxylation sites is 3. The Morgan fingerprint density at radius 2 is 1.17 bits per heavy atom. The van der Waals surface area contributed by atoms with Gasteiger partial charge in [0.25, 0.3) is 6.33 Å². The third-order valence-corrected chi connectivity index (χ3v) is 16.6. The summed E-state index contributed by atoms with van der Waals surface area (Å²) in [5.74, 6) is 1.02. The lowest BCUT2D eigenvalue weighted by atomic mass is 9.61. The highest BCUT2D eigenvalue weighted by Crippen LogP contribution is 2.51. The van der Waals surface area contributed by atoms with Gasteiger partial charge >= 0.3 is 0 Å². The first-order valence-corrected chi connectivity index (χ1v) is 29.0. The third-order valence-electron chi connectivity index (χ3n) is 16.6. The lowest BCUT2D eigenvalue weighted by molar-refractivity contribution is -0.571. The van der Waals surface area contributed by atoms with Crippen molar-refractivity contribution in [3.63, 3.8) is 0 Å². The molecule has 2 aliphatic rings. The van der Waals surface area contributed by atoms with Gasteiger partial charge in [-0.05, 0) is 197 Å². The van der Waals surface area contributed by atoms with Crippen LogP contribution in [0.4, 0.5) is 0 Å². The molecule has 448 valence electrons. The van der Waals surface area contributed by atoms with E-state index < -0.39 is 188 Å². The molecule has 5 heteroatoms. The third kappa shape index (κ3) is 10.3. The number of rotatable bonds is 9. The first-order chi connectivity index (χ1) is 56.6. The van der Waals surface area contributed by atoms with E-state index in [4.69, 9.17) is 38.5 Å². The highest BCUT2D eigenvalue weighted by Gasteiger charge is 2.40. The van der Waals surface area contributed by atoms with Crippen LogP contribution in [0.2, 0.25) is 0 Å². The topological polar surface area (TPSA) is 35.9 Å². The van der Waals surface area contributed by atoms with Gasteiger partial charge < -0.3 is 4.74 Å². The molecule has 8 aromatic carbocycles. The van der Waals surface area contributed by atoms with Crippen molar-refractivity contribution in [1.82, 2.24) is 14.1 Å². The van der Waals surface area contributed by atoms with Gasteiger partial charge in [-0.15, -0.1) is 0 Å². The van der Waals surface area contributed by atoms with Gasteiger partial charge in [0.05, 0.1) is 41.7 Å². The van der Waals surface area contributed by atoms with Crippen LogP contribution in [0.1, 0.15) is 239 Å². The van der Waals surface area contributed by atoms with Crippen LogP contribution < -0.4 is 9.30 Å². The number of nitrogens with zero attached hydrogens (tertiary/aromatic N) is 4. The predicted octanol–water partition coefficient (Wildman–Crippen LogP) is 22.0. The number of ether oxygens (including phenoxy) is 1. The molecule has 0 bridgehead atoms. The van der Waals surface area contributed by atoms with Gasteiger partial charge in [0.15, 0.2) is 0 Å². The zero-order chi connectivity index (χ0) is 93.9. The van der Waals surface area contributed by atoms with Crippen molar-refractivity contribution in [2.24, 2.45) is 0 Å². The number of benzene rings is 8.